The molecule has 116 valence electrons. The maximum absolute atomic E-state index is 12.4. The number of hydrogen-bond acceptors (Lipinski definition) is 1. The van der Waals surface area contributed by atoms with Crippen LogP contribution in [0.1, 0.15) is 51.1 Å². The minimum atomic E-state index is -0.0883. The zero-order valence-corrected chi connectivity index (χ0v) is 13.9. The van der Waals surface area contributed by atoms with E-state index in [0.717, 1.165) is 18.4 Å². The first-order valence-electron chi connectivity index (χ1n) is 7.76. The summed E-state index contributed by atoms with van der Waals surface area (Å²) in [6, 6.07) is 7.90. The Balaban J connectivity index is 1.95. The molecular weight excluding hydrogens is 284 g/mol. The third-order valence-electron chi connectivity index (χ3n) is 4.49. The molecule has 1 N–H and O–H groups in total. The number of amides is 2. The highest BCUT2D eigenvalue weighted by atomic mass is 35.5. The van der Waals surface area contributed by atoms with Gasteiger partial charge in [0.25, 0.3) is 0 Å². The average molecular weight is 309 g/mol. The Morgan fingerprint density at radius 1 is 1.38 bits per heavy atom. The van der Waals surface area contributed by atoms with Gasteiger partial charge in [-0.3, -0.25) is 0 Å². The van der Waals surface area contributed by atoms with Crippen LogP contribution in [-0.4, -0.2) is 24.0 Å². The number of carbonyl (C=O) groups excluding carboxylic acids is 1. The number of nitrogens with one attached hydrogen (secondary N) is 1. The molecule has 0 spiro atoms. The molecule has 0 bridgehead atoms. The van der Waals surface area contributed by atoms with Gasteiger partial charge >= 0.3 is 6.03 Å². The number of benzene rings is 1. The molecule has 0 radical (unpaired) electrons. The van der Waals surface area contributed by atoms with Gasteiger partial charge in [0.15, 0.2) is 0 Å². The monoisotopic (exact) mass is 308 g/mol. The lowest BCUT2D eigenvalue weighted by molar-refractivity contribution is 0.158. The molecule has 2 amide bonds. The summed E-state index contributed by atoms with van der Waals surface area (Å²) in [6.45, 7) is 4.24. The number of nitrogens with zero attached hydrogens (tertiary/aromatic N) is 1. The van der Waals surface area contributed by atoms with Crippen molar-refractivity contribution < 1.29 is 4.79 Å². The summed E-state index contributed by atoms with van der Waals surface area (Å²) in [5.74, 6) is 0.708. The smallest absolute Gasteiger partial charge is 0.317 e. The van der Waals surface area contributed by atoms with E-state index < -0.39 is 0 Å². The summed E-state index contributed by atoms with van der Waals surface area (Å²) in [7, 11) is 1.90. The van der Waals surface area contributed by atoms with E-state index in [9.17, 15) is 4.79 Å². The Labute approximate surface area is 132 Å². The van der Waals surface area contributed by atoms with Crippen LogP contribution in [0.4, 0.5) is 4.79 Å². The van der Waals surface area contributed by atoms with E-state index in [1.165, 1.54) is 12.8 Å². The van der Waals surface area contributed by atoms with Crippen molar-refractivity contribution in [2.45, 2.75) is 51.6 Å². The van der Waals surface area contributed by atoms with E-state index in [4.69, 9.17) is 11.6 Å². The number of hydrogen-bond donors (Lipinski definition) is 1. The van der Waals surface area contributed by atoms with E-state index in [-0.39, 0.29) is 12.1 Å². The van der Waals surface area contributed by atoms with Crippen molar-refractivity contribution in [2.75, 3.05) is 7.05 Å². The van der Waals surface area contributed by atoms with Gasteiger partial charge in [-0.1, -0.05) is 49.6 Å². The normalized spacial score (nSPS) is 23.4. The van der Waals surface area contributed by atoms with E-state index in [2.05, 4.69) is 12.2 Å². The topological polar surface area (TPSA) is 32.3 Å². The Morgan fingerprint density at radius 3 is 2.76 bits per heavy atom. The van der Waals surface area contributed by atoms with Gasteiger partial charge in [-0.05, 0) is 37.3 Å². The molecule has 1 saturated carbocycles. The molecule has 1 aromatic rings. The summed E-state index contributed by atoms with van der Waals surface area (Å²) in [6.07, 6.45) is 4.70. The van der Waals surface area contributed by atoms with Gasteiger partial charge < -0.3 is 10.2 Å². The fraction of sp³-hybridized carbons (Fsp3) is 0.588. The zero-order chi connectivity index (χ0) is 15.4. The Kier molecular flexibility index (Phi) is 5.51. The molecular formula is C17H25ClN2O. The lowest BCUT2D eigenvalue weighted by Gasteiger charge is -2.34. The first-order chi connectivity index (χ1) is 9.99. The molecule has 21 heavy (non-hydrogen) atoms. The highest BCUT2D eigenvalue weighted by Crippen LogP contribution is 2.27. The van der Waals surface area contributed by atoms with Crippen LogP contribution in [0.2, 0.25) is 5.02 Å². The van der Waals surface area contributed by atoms with Crippen molar-refractivity contribution in [3.63, 3.8) is 0 Å². The average Bonchev–Trinajstić information content (AvgIpc) is 2.46. The van der Waals surface area contributed by atoms with Crippen molar-refractivity contribution >= 4 is 17.6 Å². The van der Waals surface area contributed by atoms with Crippen LogP contribution in [0.25, 0.3) is 0 Å². The predicted molar refractivity (Wildman–Crippen MR) is 87.6 cm³/mol. The number of rotatable bonds is 3. The van der Waals surface area contributed by atoms with Gasteiger partial charge in [0, 0.05) is 18.1 Å². The highest BCUT2D eigenvalue weighted by molar-refractivity contribution is 6.31. The van der Waals surface area contributed by atoms with Crippen LogP contribution in [0.3, 0.4) is 0 Å². The van der Waals surface area contributed by atoms with Gasteiger partial charge in [-0.15, -0.1) is 0 Å². The van der Waals surface area contributed by atoms with Crippen LogP contribution >= 0.6 is 11.6 Å². The second kappa shape index (κ2) is 7.17. The molecule has 0 saturated heterocycles. The molecule has 3 unspecified atom stereocenters. The van der Waals surface area contributed by atoms with Gasteiger partial charge in [-0.2, -0.15) is 0 Å². The highest BCUT2D eigenvalue weighted by Gasteiger charge is 2.26. The largest absolute Gasteiger partial charge is 0.331 e. The second-order valence-electron chi connectivity index (χ2n) is 6.23. The Bertz CT molecular complexity index is 491. The molecule has 4 heteroatoms. The fourth-order valence-corrected chi connectivity index (χ4v) is 3.41. The molecule has 3 nitrogen and oxygen atoms in total. The molecule has 1 aliphatic carbocycles. The van der Waals surface area contributed by atoms with Crippen LogP contribution < -0.4 is 5.32 Å². The third-order valence-corrected chi connectivity index (χ3v) is 4.83. The Hall–Kier alpha value is -1.22. The van der Waals surface area contributed by atoms with E-state index >= 15 is 0 Å². The van der Waals surface area contributed by atoms with Crippen molar-refractivity contribution in [2.24, 2.45) is 5.92 Å². The zero-order valence-electron chi connectivity index (χ0n) is 13.1. The minimum absolute atomic E-state index is 0.0125. The SMILES string of the molecule is CC1CCCC(N(C)C(=O)NC(C)c2ccccc2Cl)C1. The van der Waals surface area contributed by atoms with Crippen molar-refractivity contribution in [3.8, 4) is 0 Å². The van der Waals surface area contributed by atoms with E-state index in [1.54, 1.807) is 0 Å². The summed E-state index contributed by atoms with van der Waals surface area (Å²) in [4.78, 5) is 14.3. The maximum atomic E-state index is 12.4. The lowest BCUT2D eigenvalue weighted by Crippen LogP contribution is -2.45. The Morgan fingerprint density at radius 2 is 2.10 bits per heavy atom. The van der Waals surface area contributed by atoms with Crippen LogP contribution in [-0.2, 0) is 0 Å². The molecule has 0 heterocycles. The molecule has 1 fully saturated rings. The standard InChI is InChI=1S/C17H25ClN2O/c1-12-7-6-8-14(11-12)20(3)17(21)19-13(2)15-9-4-5-10-16(15)18/h4-5,9-10,12-14H,6-8,11H2,1-3H3,(H,19,21). The molecule has 3 atom stereocenters. The number of urea groups is 1. The van der Waals surface area contributed by atoms with Crippen LogP contribution in [0, 0.1) is 5.92 Å². The van der Waals surface area contributed by atoms with E-state index in [1.807, 2.05) is 43.1 Å². The summed E-state index contributed by atoms with van der Waals surface area (Å²) in [5, 5.41) is 3.75. The van der Waals surface area contributed by atoms with Gasteiger partial charge in [0.1, 0.15) is 0 Å². The molecule has 1 aliphatic rings. The first-order valence-corrected chi connectivity index (χ1v) is 8.14. The third kappa shape index (κ3) is 4.13. The fourth-order valence-electron chi connectivity index (χ4n) is 3.11. The first kappa shape index (κ1) is 16.2. The molecule has 1 aromatic carbocycles. The van der Waals surface area contributed by atoms with Crippen LogP contribution in [0.5, 0.6) is 0 Å². The molecule has 2 rings (SSSR count). The number of halogens is 1. The van der Waals surface area contributed by atoms with Crippen molar-refractivity contribution in [1.82, 2.24) is 10.2 Å². The maximum Gasteiger partial charge on any atom is 0.317 e. The number of carbonyl (C=O) groups is 1. The molecule has 0 aliphatic heterocycles. The van der Waals surface area contributed by atoms with Crippen molar-refractivity contribution in [1.29, 1.82) is 0 Å². The summed E-state index contributed by atoms with van der Waals surface area (Å²) < 4.78 is 0. The van der Waals surface area contributed by atoms with Gasteiger partial charge in [-0.25, -0.2) is 4.79 Å². The second-order valence-corrected chi connectivity index (χ2v) is 6.64. The summed E-state index contributed by atoms with van der Waals surface area (Å²) in [5.41, 5.74) is 0.956. The predicted octanol–water partition coefficient (Wildman–Crippen LogP) is 4.62. The minimum Gasteiger partial charge on any atom is -0.331 e. The quantitative estimate of drug-likeness (QED) is 0.868. The summed E-state index contributed by atoms with van der Waals surface area (Å²) >= 11 is 6.19. The van der Waals surface area contributed by atoms with Crippen LogP contribution in [0.15, 0.2) is 24.3 Å². The van der Waals surface area contributed by atoms with E-state index in [0.29, 0.717) is 17.0 Å². The van der Waals surface area contributed by atoms with Gasteiger partial charge in [0.05, 0.1) is 6.04 Å². The molecule has 0 aromatic heterocycles. The van der Waals surface area contributed by atoms with Gasteiger partial charge in [0.2, 0.25) is 0 Å². The lowest BCUT2D eigenvalue weighted by atomic mass is 9.86. The van der Waals surface area contributed by atoms with Crippen molar-refractivity contribution in [3.05, 3.63) is 34.9 Å².